The second kappa shape index (κ2) is 10.6. The monoisotopic (exact) mass is 514 g/mol. The number of carbonyl (C=O) groups excluding carboxylic acids is 1. The van der Waals surface area contributed by atoms with E-state index in [4.69, 9.17) is 0 Å². The van der Waals surface area contributed by atoms with Gasteiger partial charge in [-0.25, -0.2) is 13.4 Å². The van der Waals surface area contributed by atoms with E-state index in [0.29, 0.717) is 24.1 Å². The number of aryl methyl sites for hydroxylation is 5. The molecule has 36 heavy (non-hydrogen) atoms. The maximum atomic E-state index is 13.0. The van der Waals surface area contributed by atoms with E-state index in [9.17, 15) is 23.1 Å². The number of amides is 1. The van der Waals surface area contributed by atoms with Crippen molar-refractivity contribution in [1.82, 2.24) is 14.6 Å². The van der Waals surface area contributed by atoms with Crippen LogP contribution in [0.2, 0.25) is 0 Å². The third-order valence-electron chi connectivity index (χ3n) is 6.91. The summed E-state index contributed by atoms with van der Waals surface area (Å²) in [6, 6.07) is 6.23. The van der Waals surface area contributed by atoms with Crippen LogP contribution < -0.4 is 10.0 Å². The van der Waals surface area contributed by atoms with Crippen LogP contribution in [0.5, 0.6) is 0 Å². The van der Waals surface area contributed by atoms with Gasteiger partial charge in [0.05, 0.1) is 10.8 Å². The molecule has 3 heterocycles. The highest BCUT2D eigenvalue weighted by atomic mass is 32.2. The largest absolute Gasteiger partial charge is 0.480 e. The van der Waals surface area contributed by atoms with Crippen LogP contribution in [0.25, 0.3) is 0 Å². The summed E-state index contributed by atoms with van der Waals surface area (Å²) in [6.07, 6.45) is 4.42. The summed E-state index contributed by atoms with van der Waals surface area (Å²) in [4.78, 5) is 30.7. The molecule has 4 rings (SSSR count). The number of aliphatic carboxylic acids is 1. The molecular formula is C26H34N4O5S. The number of carboxylic acids is 1. The van der Waals surface area contributed by atoms with E-state index in [1.165, 1.54) is 10.5 Å². The van der Waals surface area contributed by atoms with Crippen molar-refractivity contribution in [2.24, 2.45) is 5.92 Å². The van der Waals surface area contributed by atoms with Gasteiger partial charge in [0, 0.05) is 25.3 Å². The zero-order valence-corrected chi connectivity index (χ0v) is 21.8. The summed E-state index contributed by atoms with van der Waals surface area (Å²) in [5.41, 5.74) is 4.26. The predicted octanol–water partition coefficient (Wildman–Crippen LogP) is 2.58. The number of carboxylic acid groups (broad SMARTS) is 1. The summed E-state index contributed by atoms with van der Waals surface area (Å²) >= 11 is 0. The molecule has 9 nitrogen and oxygen atoms in total. The molecule has 194 valence electrons. The van der Waals surface area contributed by atoms with Gasteiger partial charge >= 0.3 is 5.97 Å². The first-order chi connectivity index (χ1) is 17.0. The van der Waals surface area contributed by atoms with E-state index in [1.54, 1.807) is 26.0 Å². The van der Waals surface area contributed by atoms with Crippen molar-refractivity contribution in [3.63, 3.8) is 0 Å². The van der Waals surface area contributed by atoms with Crippen LogP contribution in [-0.4, -0.2) is 61.0 Å². The Labute approximate surface area is 212 Å². The minimum atomic E-state index is -4.08. The number of nitrogens with zero attached hydrogens (tertiary/aromatic N) is 2. The zero-order valence-electron chi connectivity index (χ0n) is 21.0. The Morgan fingerprint density at radius 2 is 1.97 bits per heavy atom. The molecule has 1 fully saturated rings. The molecule has 2 aromatic rings. The number of likely N-dealkylation sites (tertiary alicyclic amines) is 1. The molecule has 2 atom stereocenters. The molecule has 0 aliphatic carbocycles. The number of nitrogens with one attached hydrogen (secondary N) is 2. The zero-order chi connectivity index (χ0) is 26.0. The van der Waals surface area contributed by atoms with Crippen LogP contribution in [0.4, 0.5) is 5.82 Å². The highest BCUT2D eigenvalue weighted by Crippen LogP contribution is 2.26. The lowest BCUT2D eigenvalue weighted by atomic mass is 9.91. The lowest BCUT2D eigenvalue weighted by Crippen LogP contribution is -2.58. The van der Waals surface area contributed by atoms with Crippen molar-refractivity contribution in [3.8, 4) is 0 Å². The number of hydrogen-bond donors (Lipinski definition) is 3. The normalized spacial score (nSPS) is 18.2. The topological polar surface area (TPSA) is 129 Å². The van der Waals surface area contributed by atoms with Crippen LogP contribution in [0.1, 0.15) is 47.2 Å². The van der Waals surface area contributed by atoms with Gasteiger partial charge in [0.15, 0.2) is 0 Å². The maximum Gasteiger partial charge on any atom is 0.323 e. The number of hydrogen-bond acceptors (Lipinski definition) is 6. The molecule has 1 unspecified atom stereocenters. The first kappa shape index (κ1) is 26.1. The van der Waals surface area contributed by atoms with Crippen molar-refractivity contribution in [3.05, 3.63) is 52.2 Å². The number of fused-ring (bicyclic) bond motifs is 1. The molecule has 1 aromatic carbocycles. The quantitative estimate of drug-likeness (QED) is 0.416. The fourth-order valence-corrected chi connectivity index (χ4v) is 6.85. The van der Waals surface area contributed by atoms with Crippen LogP contribution >= 0.6 is 0 Å². The molecule has 0 bridgehead atoms. The van der Waals surface area contributed by atoms with E-state index >= 15 is 0 Å². The average Bonchev–Trinajstić information content (AvgIpc) is 2.80. The molecule has 1 saturated heterocycles. The molecular weight excluding hydrogens is 480 g/mol. The summed E-state index contributed by atoms with van der Waals surface area (Å²) in [5, 5.41) is 13.0. The van der Waals surface area contributed by atoms with Crippen LogP contribution in [0, 0.1) is 26.7 Å². The van der Waals surface area contributed by atoms with E-state index in [1.807, 2.05) is 13.0 Å². The van der Waals surface area contributed by atoms with Gasteiger partial charge in [-0.3, -0.25) is 9.59 Å². The Balaban J connectivity index is 1.30. The lowest BCUT2D eigenvalue weighted by Gasteiger charge is -2.40. The minimum Gasteiger partial charge on any atom is -0.480 e. The Bertz CT molecular complexity index is 1250. The van der Waals surface area contributed by atoms with E-state index < -0.39 is 22.0 Å². The Morgan fingerprint density at radius 1 is 1.25 bits per heavy atom. The number of β-lactam (4-membered cyclic amide) rings is 1. The smallest absolute Gasteiger partial charge is 0.323 e. The predicted molar refractivity (Wildman–Crippen MR) is 136 cm³/mol. The van der Waals surface area contributed by atoms with Gasteiger partial charge in [-0.1, -0.05) is 23.8 Å². The molecule has 0 radical (unpaired) electrons. The molecule has 2 aliphatic heterocycles. The lowest BCUT2D eigenvalue weighted by molar-refractivity contribution is -0.150. The number of benzene rings is 1. The van der Waals surface area contributed by atoms with Crippen molar-refractivity contribution in [1.29, 1.82) is 0 Å². The summed E-state index contributed by atoms with van der Waals surface area (Å²) in [6.45, 7) is 6.40. The van der Waals surface area contributed by atoms with Crippen LogP contribution in [0.15, 0.2) is 29.2 Å². The molecule has 1 aromatic heterocycles. The van der Waals surface area contributed by atoms with E-state index in [0.717, 1.165) is 49.3 Å². The third kappa shape index (κ3) is 5.70. The molecule has 3 N–H and O–H groups in total. The van der Waals surface area contributed by atoms with Gasteiger partial charge in [-0.15, -0.1) is 0 Å². The Kier molecular flexibility index (Phi) is 7.65. The van der Waals surface area contributed by atoms with E-state index in [-0.39, 0.29) is 23.3 Å². The first-order valence-corrected chi connectivity index (χ1v) is 13.9. The van der Waals surface area contributed by atoms with Gasteiger partial charge in [-0.2, -0.15) is 4.72 Å². The third-order valence-corrected chi connectivity index (χ3v) is 8.69. The second-order valence-electron chi connectivity index (χ2n) is 9.91. The number of rotatable bonds is 10. The fourth-order valence-electron chi connectivity index (χ4n) is 5.22. The van der Waals surface area contributed by atoms with Crippen LogP contribution in [-0.2, 0) is 32.5 Å². The molecule has 1 amide bonds. The minimum absolute atomic E-state index is 0.0816. The van der Waals surface area contributed by atoms with Crippen LogP contribution in [0.3, 0.4) is 0 Å². The first-order valence-electron chi connectivity index (χ1n) is 12.4. The highest BCUT2D eigenvalue weighted by molar-refractivity contribution is 7.89. The number of aromatic nitrogens is 1. The van der Waals surface area contributed by atoms with Gasteiger partial charge < -0.3 is 15.3 Å². The van der Waals surface area contributed by atoms with E-state index in [2.05, 4.69) is 21.1 Å². The standard InChI is InChI=1S/C26H34N4O5S/c1-16-12-17(2)23(18(3)13-16)36(34,35)29-22(26(32)33)15-30-14-20(25(30)31)6-4-8-21-10-9-19-7-5-11-27-24(19)28-21/h9-10,12-13,20,22,29H,4-8,11,14-15H2,1-3H3,(H,27,28)(H,32,33)/t20-,22?/m1/s1. The number of pyridine rings is 1. The van der Waals surface area contributed by atoms with Crippen molar-refractivity contribution < 1.29 is 23.1 Å². The van der Waals surface area contributed by atoms with Gasteiger partial charge in [0.25, 0.3) is 0 Å². The molecule has 2 aliphatic rings. The number of carbonyl (C=O) groups is 2. The van der Waals surface area contributed by atoms with Crippen molar-refractivity contribution >= 4 is 27.7 Å². The summed E-state index contributed by atoms with van der Waals surface area (Å²) in [7, 11) is -4.08. The highest BCUT2D eigenvalue weighted by Gasteiger charge is 2.39. The average molecular weight is 515 g/mol. The maximum absolute atomic E-state index is 13.0. The fraction of sp³-hybridized carbons (Fsp3) is 0.500. The molecule has 0 spiro atoms. The Hall–Kier alpha value is -2.98. The summed E-state index contributed by atoms with van der Waals surface area (Å²) in [5.74, 6) is -0.663. The summed E-state index contributed by atoms with van der Waals surface area (Å²) < 4.78 is 28.3. The molecule has 10 heteroatoms. The van der Waals surface area contributed by atoms with Gasteiger partial charge in [0.1, 0.15) is 11.9 Å². The second-order valence-corrected chi connectivity index (χ2v) is 11.6. The Morgan fingerprint density at radius 3 is 2.64 bits per heavy atom. The SMILES string of the molecule is Cc1cc(C)c(S(=O)(=O)NC(CN2C[C@@H](CCCc3ccc4c(n3)NCCC4)C2=O)C(=O)O)c(C)c1. The van der Waals surface area contributed by atoms with Crippen molar-refractivity contribution in [2.45, 2.75) is 63.8 Å². The number of sulfonamides is 1. The molecule has 0 saturated carbocycles. The van der Waals surface area contributed by atoms with Gasteiger partial charge in [0.2, 0.25) is 15.9 Å². The number of anilines is 1. The van der Waals surface area contributed by atoms with Gasteiger partial charge in [-0.05, 0) is 75.6 Å². The van der Waals surface area contributed by atoms with Crippen molar-refractivity contribution in [2.75, 3.05) is 25.0 Å².